The van der Waals surface area contributed by atoms with Crippen molar-refractivity contribution >= 4 is 17.3 Å². The monoisotopic (exact) mass is 201 g/mol. The van der Waals surface area contributed by atoms with Crippen LogP contribution in [0.15, 0.2) is 0 Å². The molecule has 0 aromatic carbocycles. The van der Waals surface area contributed by atoms with E-state index in [-0.39, 0.29) is 5.97 Å². The zero-order chi connectivity index (χ0) is 9.84. The number of thiazole rings is 1. The second-order valence-electron chi connectivity index (χ2n) is 2.30. The molecule has 13 heavy (non-hydrogen) atoms. The Balaban J connectivity index is 2.84. The fourth-order valence-electron chi connectivity index (χ4n) is 0.852. The Morgan fingerprint density at radius 2 is 2.31 bits per heavy atom. The molecular weight excluding hydrogens is 190 g/mol. The van der Waals surface area contributed by atoms with Gasteiger partial charge in [0.15, 0.2) is 0 Å². The lowest BCUT2D eigenvalue weighted by Crippen LogP contribution is -2.03. The Morgan fingerprint density at radius 1 is 1.62 bits per heavy atom. The molecule has 0 aliphatic carbocycles. The first kappa shape index (κ1) is 9.98. The number of hydrogen-bond acceptors (Lipinski definition) is 5. The second-order valence-corrected chi connectivity index (χ2v) is 3.51. The fraction of sp³-hybridized carbons (Fsp3) is 0.500. The first-order chi connectivity index (χ1) is 6.19. The van der Waals surface area contributed by atoms with Gasteiger partial charge in [0.05, 0.1) is 18.6 Å². The van der Waals surface area contributed by atoms with Gasteiger partial charge in [-0.1, -0.05) is 0 Å². The van der Waals surface area contributed by atoms with Crippen molar-refractivity contribution in [2.75, 3.05) is 13.7 Å². The molecule has 0 amide bonds. The lowest BCUT2D eigenvalue weighted by molar-refractivity contribution is 0.0525. The molecule has 0 saturated heterocycles. The molecule has 0 aliphatic rings. The van der Waals surface area contributed by atoms with Gasteiger partial charge in [0.2, 0.25) is 10.9 Å². The Bertz CT molecular complexity index is 308. The van der Waals surface area contributed by atoms with Crippen molar-refractivity contribution in [3.63, 3.8) is 0 Å². The highest BCUT2D eigenvalue weighted by molar-refractivity contribution is 7.13. The summed E-state index contributed by atoms with van der Waals surface area (Å²) in [5.41, 5.74) is 0. The fourth-order valence-corrected chi connectivity index (χ4v) is 1.63. The van der Waals surface area contributed by atoms with Crippen LogP contribution in [0.4, 0.5) is 0 Å². The number of carbonyl (C=O) groups is 1. The molecule has 1 heterocycles. The van der Waals surface area contributed by atoms with Crippen molar-refractivity contribution in [3.8, 4) is 5.88 Å². The number of methoxy groups -OCH3 is 1. The lowest BCUT2D eigenvalue weighted by Gasteiger charge is -1.95. The number of hydrogen-bond donors (Lipinski definition) is 0. The molecule has 0 N–H and O–H groups in total. The molecule has 0 atom stereocenters. The Hall–Kier alpha value is -1.10. The number of nitrogens with zero attached hydrogens (tertiary/aromatic N) is 1. The van der Waals surface area contributed by atoms with Crippen molar-refractivity contribution in [3.05, 3.63) is 9.88 Å². The molecule has 0 unspecified atom stereocenters. The van der Waals surface area contributed by atoms with Gasteiger partial charge in [-0.3, -0.25) is 0 Å². The third kappa shape index (κ3) is 2.18. The highest BCUT2D eigenvalue weighted by Gasteiger charge is 2.15. The number of ether oxygens (including phenoxy) is 2. The maximum Gasteiger partial charge on any atom is 0.367 e. The predicted molar refractivity (Wildman–Crippen MR) is 49.4 cm³/mol. The van der Waals surface area contributed by atoms with Gasteiger partial charge >= 0.3 is 5.97 Å². The van der Waals surface area contributed by atoms with Crippen LogP contribution in [-0.4, -0.2) is 24.7 Å². The number of rotatable bonds is 3. The van der Waals surface area contributed by atoms with E-state index in [1.165, 1.54) is 18.4 Å². The van der Waals surface area contributed by atoms with Gasteiger partial charge in [0.1, 0.15) is 0 Å². The molecule has 0 spiro atoms. The summed E-state index contributed by atoms with van der Waals surface area (Å²) in [7, 11) is 1.52. The molecule has 0 fully saturated rings. The summed E-state index contributed by atoms with van der Waals surface area (Å²) in [5, 5.41) is 0.344. The summed E-state index contributed by atoms with van der Waals surface area (Å²) in [6, 6.07) is 0. The quantitative estimate of drug-likeness (QED) is 0.697. The lowest BCUT2D eigenvalue weighted by atomic mass is 10.6. The maximum atomic E-state index is 11.2. The van der Waals surface area contributed by atoms with Crippen molar-refractivity contribution in [2.45, 2.75) is 13.8 Å². The van der Waals surface area contributed by atoms with Crippen molar-refractivity contribution in [2.24, 2.45) is 0 Å². The molecule has 5 heteroatoms. The molecule has 1 aromatic rings. The molecule has 1 aromatic heterocycles. The van der Waals surface area contributed by atoms with Crippen LogP contribution < -0.4 is 4.74 Å². The van der Waals surface area contributed by atoms with E-state index in [0.717, 1.165) is 4.88 Å². The maximum absolute atomic E-state index is 11.2. The van der Waals surface area contributed by atoms with Gasteiger partial charge in [-0.2, -0.15) is 4.98 Å². The van der Waals surface area contributed by atoms with Gasteiger partial charge in [0.25, 0.3) is 0 Å². The third-order valence-electron chi connectivity index (χ3n) is 1.40. The first-order valence-electron chi connectivity index (χ1n) is 3.87. The van der Waals surface area contributed by atoms with Gasteiger partial charge in [-0.05, 0) is 13.8 Å². The van der Waals surface area contributed by atoms with Crippen molar-refractivity contribution < 1.29 is 14.3 Å². The standard InChI is InChI=1S/C8H11NO3S/c1-4-12-8(10)7-9-6(11-3)5(2)13-7/h4H2,1-3H3. The van der Waals surface area contributed by atoms with E-state index in [0.29, 0.717) is 17.5 Å². The molecule has 0 radical (unpaired) electrons. The zero-order valence-electron chi connectivity index (χ0n) is 7.79. The van der Waals surface area contributed by atoms with Crippen LogP contribution in [0.5, 0.6) is 5.88 Å². The smallest absolute Gasteiger partial charge is 0.367 e. The van der Waals surface area contributed by atoms with Gasteiger partial charge in [0, 0.05) is 0 Å². The number of aryl methyl sites for hydroxylation is 1. The minimum absolute atomic E-state index is 0.344. The normalized spacial score (nSPS) is 9.77. The number of esters is 1. The Labute approximate surface area is 80.5 Å². The van der Waals surface area contributed by atoms with Crippen LogP contribution in [-0.2, 0) is 4.74 Å². The van der Waals surface area contributed by atoms with Crippen LogP contribution in [0.25, 0.3) is 0 Å². The number of carbonyl (C=O) groups excluding carboxylic acids is 1. The summed E-state index contributed by atoms with van der Waals surface area (Å²) in [6.07, 6.45) is 0. The van der Waals surface area contributed by atoms with Crippen molar-refractivity contribution in [1.82, 2.24) is 4.98 Å². The van der Waals surface area contributed by atoms with Gasteiger partial charge in [-0.15, -0.1) is 11.3 Å². The SMILES string of the molecule is CCOC(=O)c1nc(OC)c(C)s1. The van der Waals surface area contributed by atoms with E-state index in [2.05, 4.69) is 4.98 Å². The van der Waals surface area contributed by atoms with E-state index < -0.39 is 0 Å². The summed E-state index contributed by atoms with van der Waals surface area (Å²) < 4.78 is 9.74. The van der Waals surface area contributed by atoms with Crippen LogP contribution in [0.3, 0.4) is 0 Å². The molecule has 1 rings (SSSR count). The molecule has 72 valence electrons. The largest absolute Gasteiger partial charge is 0.480 e. The summed E-state index contributed by atoms with van der Waals surface area (Å²) in [6.45, 7) is 3.97. The Morgan fingerprint density at radius 3 is 2.77 bits per heavy atom. The van der Waals surface area contributed by atoms with E-state index in [1.54, 1.807) is 6.92 Å². The van der Waals surface area contributed by atoms with Gasteiger partial charge < -0.3 is 9.47 Å². The number of aromatic nitrogens is 1. The second kappa shape index (κ2) is 4.23. The molecular formula is C8H11NO3S. The van der Waals surface area contributed by atoms with E-state index in [4.69, 9.17) is 9.47 Å². The van der Waals surface area contributed by atoms with E-state index in [1.807, 2.05) is 6.92 Å². The van der Waals surface area contributed by atoms with E-state index >= 15 is 0 Å². The third-order valence-corrected chi connectivity index (χ3v) is 2.33. The summed E-state index contributed by atoms with van der Waals surface area (Å²) in [5.74, 6) is 0.104. The molecule has 0 saturated carbocycles. The summed E-state index contributed by atoms with van der Waals surface area (Å²) >= 11 is 1.28. The van der Waals surface area contributed by atoms with Crippen molar-refractivity contribution in [1.29, 1.82) is 0 Å². The minimum Gasteiger partial charge on any atom is -0.480 e. The van der Waals surface area contributed by atoms with Crippen LogP contribution in [0.1, 0.15) is 21.6 Å². The summed E-state index contributed by atoms with van der Waals surface area (Å²) in [4.78, 5) is 16.0. The predicted octanol–water partition coefficient (Wildman–Crippen LogP) is 1.64. The Kier molecular flexibility index (Phi) is 3.25. The van der Waals surface area contributed by atoms with Crippen LogP contribution in [0.2, 0.25) is 0 Å². The van der Waals surface area contributed by atoms with Crippen LogP contribution in [0, 0.1) is 6.92 Å². The van der Waals surface area contributed by atoms with Crippen LogP contribution >= 0.6 is 11.3 Å². The first-order valence-corrected chi connectivity index (χ1v) is 4.69. The topological polar surface area (TPSA) is 48.4 Å². The minimum atomic E-state index is -0.390. The van der Waals surface area contributed by atoms with E-state index in [9.17, 15) is 4.79 Å². The molecule has 0 aliphatic heterocycles. The zero-order valence-corrected chi connectivity index (χ0v) is 8.60. The molecule has 4 nitrogen and oxygen atoms in total. The average Bonchev–Trinajstić information content (AvgIpc) is 2.47. The highest BCUT2D eigenvalue weighted by atomic mass is 32.1. The highest BCUT2D eigenvalue weighted by Crippen LogP contribution is 2.23. The average molecular weight is 201 g/mol. The molecule has 0 bridgehead atoms. The van der Waals surface area contributed by atoms with Gasteiger partial charge in [-0.25, -0.2) is 4.79 Å².